The van der Waals surface area contributed by atoms with Crippen LogP contribution in [0, 0.1) is 0 Å². The molecule has 0 radical (unpaired) electrons. The molecule has 0 saturated carbocycles. The monoisotopic (exact) mass is 327 g/mol. The highest BCUT2D eigenvalue weighted by molar-refractivity contribution is 5.94. The average Bonchev–Trinajstić information content (AvgIpc) is 2.62. The summed E-state index contributed by atoms with van der Waals surface area (Å²) in [4.78, 5) is 12.4. The highest BCUT2D eigenvalue weighted by Crippen LogP contribution is 2.32. The average molecular weight is 327 g/mol. The van der Waals surface area contributed by atoms with Crippen molar-refractivity contribution in [2.45, 2.75) is 26.4 Å². The van der Waals surface area contributed by atoms with E-state index in [1.54, 1.807) is 25.1 Å². The molecule has 0 unspecified atom stereocenters. The SMILES string of the molecule is CCc1ccccc1O[C@H](C)C(=O)Nc1ccc2c(c1)OCCO2. The van der Waals surface area contributed by atoms with Gasteiger partial charge in [0.1, 0.15) is 19.0 Å². The Bertz CT molecular complexity index is 729. The number of ether oxygens (including phenoxy) is 3. The summed E-state index contributed by atoms with van der Waals surface area (Å²) in [5, 5.41) is 2.85. The van der Waals surface area contributed by atoms with Gasteiger partial charge in [-0.2, -0.15) is 0 Å². The van der Waals surface area contributed by atoms with Gasteiger partial charge < -0.3 is 19.5 Å². The van der Waals surface area contributed by atoms with Crippen LogP contribution in [-0.2, 0) is 11.2 Å². The van der Waals surface area contributed by atoms with E-state index in [9.17, 15) is 4.79 Å². The number of nitrogens with one attached hydrogen (secondary N) is 1. The Morgan fingerprint density at radius 3 is 2.71 bits per heavy atom. The van der Waals surface area contributed by atoms with Gasteiger partial charge >= 0.3 is 0 Å². The predicted molar refractivity (Wildman–Crippen MR) is 92.0 cm³/mol. The van der Waals surface area contributed by atoms with Crippen LogP contribution in [0.4, 0.5) is 5.69 Å². The van der Waals surface area contributed by atoms with Gasteiger partial charge in [-0.25, -0.2) is 0 Å². The van der Waals surface area contributed by atoms with E-state index in [0.29, 0.717) is 30.4 Å². The van der Waals surface area contributed by atoms with Crippen molar-refractivity contribution >= 4 is 11.6 Å². The molecule has 0 fully saturated rings. The van der Waals surface area contributed by atoms with Crippen LogP contribution in [-0.4, -0.2) is 25.2 Å². The van der Waals surface area contributed by atoms with Crippen LogP contribution in [0.15, 0.2) is 42.5 Å². The van der Waals surface area contributed by atoms with Gasteiger partial charge in [0.2, 0.25) is 0 Å². The molecule has 0 aromatic heterocycles. The van der Waals surface area contributed by atoms with Crippen LogP contribution in [0.2, 0.25) is 0 Å². The number of para-hydroxylation sites is 1. The molecular weight excluding hydrogens is 306 g/mol. The fourth-order valence-corrected chi connectivity index (χ4v) is 2.52. The van der Waals surface area contributed by atoms with E-state index in [4.69, 9.17) is 14.2 Å². The smallest absolute Gasteiger partial charge is 0.265 e. The number of amides is 1. The lowest BCUT2D eigenvalue weighted by atomic mass is 10.1. The third-order valence-electron chi connectivity index (χ3n) is 3.84. The normalized spacial score (nSPS) is 13.9. The molecule has 24 heavy (non-hydrogen) atoms. The minimum atomic E-state index is -0.606. The van der Waals surface area contributed by atoms with Crippen LogP contribution in [0.25, 0.3) is 0 Å². The second-order valence-corrected chi connectivity index (χ2v) is 5.57. The molecule has 1 amide bonds. The Hall–Kier alpha value is -2.69. The first-order valence-corrected chi connectivity index (χ1v) is 8.12. The minimum Gasteiger partial charge on any atom is -0.486 e. The molecule has 0 spiro atoms. The van der Waals surface area contributed by atoms with Gasteiger partial charge in [0.05, 0.1) is 0 Å². The fraction of sp³-hybridized carbons (Fsp3) is 0.316. The molecule has 0 bridgehead atoms. The van der Waals surface area contributed by atoms with E-state index < -0.39 is 6.10 Å². The van der Waals surface area contributed by atoms with Crippen LogP contribution in [0.3, 0.4) is 0 Å². The summed E-state index contributed by atoms with van der Waals surface area (Å²) in [6.45, 7) is 4.85. The zero-order valence-electron chi connectivity index (χ0n) is 13.9. The van der Waals surface area contributed by atoms with E-state index >= 15 is 0 Å². The maximum Gasteiger partial charge on any atom is 0.265 e. The molecule has 1 aliphatic heterocycles. The number of benzene rings is 2. The van der Waals surface area contributed by atoms with Gasteiger partial charge in [-0.05, 0) is 37.1 Å². The zero-order chi connectivity index (χ0) is 16.9. The van der Waals surface area contributed by atoms with E-state index in [0.717, 1.165) is 17.7 Å². The summed E-state index contributed by atoms with van der Waals surface area (Å²) in [7, 11) is 0. The second kappa shape index (κ2) is 7.25. The summed E-state index contributed by atoms with van der Waals surface area (Å²) in [5.41, 5.74) is 1.74. The Balaban J connectivity index is 1.66. The summed E-state index contributed by atoms with van der Waals surface area (Å²) in [6, 6.07) is 13.1. The highest BCUT2D eigenvalue weighted by Gasteiger charge is 2.18. The topological polar surface area (TPSA) is 56.8 Å². The van der Waals surface area contributed by atoms with Crippen molar-refractivity contribution in [2.75, 3.05) is 18.5 Å². The maximum atomic E-state index is 12.4. The Kier molecular flexibility index (Phi) is 4.89. The Labute approximate surface area is 141 Å². The standard InChI is InChI=1S/C19H21NO4/c1-3-14-6-4-5-7-16(14)24-13(2)19(21)20-15-8-9-17-18(12-15)23-11-10-22-17/h4-9,12-13H,3,10-11H2,1-2H3,(H,20,21)/t13-/m1/s1. The maximum absolute atomic E-state index is 12.4. The first kappa shape index (κ1) is 16.2. The van der Waals surface area contributed by atoms with Crippen LogP contribution < -0.4 is 19.5 Å². The molecule has 1 aliphatic rings. The number of hydrogen-bond donors (Lipinski definition) is 1. The fourth-order valence-electron chi connectivity index (χ4n) is 2.52. The molecule has 2 aromatic carbocycles. The highest BCUT2D eigenvalue weighted by atomic mass is 16.6. The second-order valence-electron chi connectivity index (χ2n) is 5.57. The van der Waals surface area contributed by atoms with Crippen molar-refractivity contribution in [1.29, 1.82) is 0 Å². The molecule has 1 N–H and O–H groups in total. The first-order valence-electron chi connectivity index (χ1n) is 8.12. The third-order valence-corrected chi connectivity index (χ3v) is 3.84. The Morgan fingerprint density at radius 2 is 1.92 bits per heavy atom. The number of rotatable bonds is 5. The molecular formula is C19H21NO4. The van der Waals surface area contributed by atoms with E-state index in [1.807, 2.05) is 24.3 Å². The van der Waals surface area contributed by atoms with Crippen LogP contribution in [0.5, 0.6) is 17.2 Å². The number of anilines is 1. The zero-order valence-corrected chi connectivity index (χ0v) is 13.9. The molecule has 0 saturated heterocycles. The lowest BCUT2D eigenvalue weighted by molar-refractivity contribution is -0.122. The quantitative estimate of drug-likeness (QED) is 0.914. The molecule has 5 heteroatoms. The molecule has 1 atom stereocenters. The third kappa shape index (κ3) is 3.62. The first-order chi connectivity index (χ1) is 11.7. The van der Waals surface area contributed by atoms with Gasteiger partial charge in [0, 0.05) is 11.8 Å². The summed E-state index contributed by atoms with van der Waals surface area (Å²) in [5.74, 6) is 1.87. The number of hydrogen-bond acceptors (Lipinski definition) is 4. The van der Waals surface area contributed by atoms with Crippen molar-refractivity contribution in [3.8, 4) is 17.2 Å². The van der Waals surface area contributed by atoms with Crippen molar-refractivity contribution in [1.82, 2.24) is 0 Å². The van der Waals surface area contributed by atoms with Gasteiger partial charge in [-0.1, -0.05) is 25.1 Å². The van der Waals surface area contributed by atoms with E-state index in [1.165, 1.54) is 0 Å². The molecule has 5 nitrogen and oxygen atoms in total. The Morgan fingerprint density at radius 1 is 1.17 bits per heavy atom. The number of carbonyl (C=O) groups is 1. The predicted octanol–water partition coefficient (Wildman–Crippen LogP) is 3.43. The molecule has 126 valence electrons. The van der Waals surface area contributed by atoms with Crippen LogP contribution in [0.1, 0.15) is 19.4 Å². The van der Waals surface area contributed by atoms with Crippen molar-refractivity contribution in [3.05, 3.63) is 48.0 Å². The van der Waals surface area contributed by atoms with Crippen molar-refractivity contribution in [3.63, 3.8) is 0 Å². The van der Waals surface area contributed by atoms with E-state index in [-0.39, 0.29) is 5.91 Å². The lowest BCUT2D eigenvalue weighted by Gasteiger charge is -2.20. The van der Waals surface area contributed by atoms with Gasteiger partial charge in [0.15, 0.2) is 17.6 Å². The summed E-state index contributed by atoms with van der Waals surface area (Å²) in [6.07, 6.45) is 0.248. The number of carbonyl (C=O) groups excluding carboxylic acids is 1. The van der Waals surface area contributed by atoms with Crippen molar-refractivity contribution in [2.24, 2.45) is 0 Å². The minimum absolute atomic E-state index is 0.211. The van der Waals surface area contributed by atoms with Crippen LogP contribution >= 0.6 is 0 Å². The van der Waals surface area contributed by atoms with Gasteiger partial charge in [-0.3, -0.25) is 4.79 Å². The summed E-state index contributed by atoms with van der Waals surface area (Å²) >= 11 is 0. The molecule has 3 rings (SSSR count). The summed E-state index contributed by atoms with van der Waals surface area (Å²) < 4.78 is 16.8. The number of aryl methyl sites for hydroxylation is 1. The lowest BCUT2D eigenvalue weighted by Crippen LogP contribution is -2.30. The van der Waals surface area contributed by atoms with Gasteiger partial charge in [0.25, 0.3) is 5.91 Å². The number of fused-ring (bicyclic) bond motifs is 1. The molecule has 0 aliphatic carbocycles. The molecule has 1 heterocycles. The van der Waals surface area contributed by atoms with E-state index in [2.05, 4.69) is 12.2 Å². The largest absolute Gasteiger partial charge is 0.486 e. The van der Waals surface area contributed by atoms with Gasteiger partial charge in [-0.15, -0.1) is 0 Å². The van der Waals surface area contributed by atoms with Crippen molar-refractivity contribution < 1.29 is 19.0 Å². The molecule has 2 aromatic rings.